The second-order valence-corrected chi connectivity index (χ2v) is 9.36. The van der Waals surface area contributed by atoms with Gasteiger partial charge in [-0.1, -0.05) is 45.9 Å². The van der Waals surface area contributed by atoms with Crippen LogP contribution in [0.5, 0.6) is 0 Å². The fourth-order valence-corrected chi connectivity index (χ4v) is 5.07. The first-order valence-electron chi connectivity index (χ1n) is 11.3. The van der Waals surface area contributed by atoms with E-state index in [9.17, 15) is 14.7 Å². The zero-order valence-electron chi connectivity index (χ0n) is 18.2. The lowest BCUT2D eigenvalue weighted by Crippen LogP contribution is -2.42. The molecule has 29 heavy (non-hydrogen) atoms. The Bertz CT molecular complexity index is 666. The third kappa shape index (κ3) is 5.30. The molecule has 8 atom stereocenters. The van der Waals surface area contributed by atoms with Crippen LogP contribution in [0.2, 0.25) is 0 Å². The average Bonchev–Trinajstić information content (AvgIpc) is 2.65. The van der Waals surface area contributed by atoms with Gasteiger partial charge in [-0.2, -0.15) is 0 Å². The molecule has 162 valence electrons. The Morgan fingerprint density at radius 3 is 2.76 bits per heavy atom. The van der Waals surface area contributed by atoms with Crippen LogP contribution in [0.15, 0.2) is 23.8 Å². The molecule has 0 bridgehead atoms. The summed E-state index contributed by atoms with van der Waals surface area (Å²) in [5, 5.41) is 9.89. The third-order valence-corrected chi connectivity index (χ3v) is 6.93. The van der Waals surface area contributed by atoms with E-state index in [1.54, 1.807) is 0 Å². The maximum Gasteiger partial charge on any atom is 0.308 e. The maximum absolute atomic E-state index is 12.5. The van der Waals surface area contributed by atoms with Crippen LogP contribution in [0.3, 0.4) is 0 Å². The molecular formula is C24H36O5. The first-order valence-corrected chi connectivity index (χ1v) is 11.3. The summed E-state index contributed by atoms with van der Waals surface area (Å²) >= 11 is 0. The van der Waals surface area contributed by atoms with Crippen molar-refractivity contribution >= 4 is 11.9 Å². The number of carbonyl (C=O) groups is 2. The number of hydrogen-bond acceptors (Lipinski definition) is 5. The van der Waals surface area contributed by atoms with Crippen molar-refractivity contribution in [3.63, 3.8) is 0 Å². The molecular weight excluding hydrogens is 368 g/mol. The van der Waals surface area contributed by atoms with E-state index in [4.69, 9.17) is 9.47 Å². The van der Waals surface area contributed by atoms with Gasteiger partial charge in [0.05, 0.1) is 18.4 Å². The molecule has 1 N–H and O–H groups in total. The van der Waals surface area contributed by atoms with Gasteiger partial charge in [-0.3, -0.25) is 9.59 Å². The summed E-state index contributed by atoms with van der Waals surface area (Å²) in [6, 6.07) is 0. The standard InChI is InChI=1S/C24H36O5/c1-5-15(3)24(27)29-21-11-14(2)10-17-7-6-16(4)20(23(17)21)9-8-19-12-18(25)13-22(26)28-19/h6-7,10,14-16,18-21,23,25H,5,8-9,11-13H2,1-4H3/t14-,15-,16-,18+,19-,20-,21+,23-/m0/s1. The number of fused-ring (bicyclic) bond motifs is 1. The lowest BCUT2D eigenvalue weighted by Gasteiger charge is -2.43. The first-order chi connectivity index (χ1) is 13.8. The Morgan fingerprint density at radius 2 is 2.07 bits per heavy atom. The van der Waals surface area contributed by atoms with Crippen LogP contribution < -0.4 is 0 Å². The lowest BCUT2D eigenvalue weighted by atomic mass is 9.65. The highest BCUT2D eigenvalue weighted by Gasteiger charge is 2.42. The molecule has 5 heteroatoms. The summed E-state index contributed by atoms with van der Waals surface area (Å²) in [4.78, 5) is 24.2. The van der Waals surface area contributed by atoms with E-state index in [1.165, 1.54) is 5.57 Å². The summed E-state index contributed by atoms with van der Waals surface area (Å²) in [6.45, 7) is 8.33. The van der Waals surface area contributed by atoms with Gasteiger partial charge in [-0.15, -0.1) is 0 Å². The van der Waals surface area contributed by atoms with Crippen LogP contribution in [-0.2, 0) is 19.1 Å². The fourth-order valence-electron chi connectivity index (χ4n) is 5.07. The first kappa shape index (κ1) is 22.1. The van der Waals surface area contributed by atoms with Gasteiger partial charge in [0, 0.05) is 12.3 Å². The Labute approximate surface area is 174 Å². The van der Waals surface area contributed by atoms with Gasteiger partial charge in [0.15, 0.2) is 0 Å². The van der Waals surface area contributed by atoms with Crippen LogP contribution in [0, 0.1) is 29.6 Å². The molecule has 0 unspecified atom stereocenters. The van der Waals surface area contributed by atoms with E-state index >= 15 is 0 Å². The van der Waals surface area contributed by atoms with Crippen molar-refractivity contribution in [3.05, 3.63) is 23.8 Å². The molecule has 2 aliphatic carbocycles. The SMILES string of the molecule is CC[C@H](C)C(=O)O[C@@H]1C[C@@H](C)C=C2C=C[C@H](C)[C@H](CC[C@H]3C[C@@H](O)CC(=O)O3)[C@H]21. The molecule has 0 spiro atoms. The smallest absolute Gasteiger partial charge is 0.308 e. The molecule has 0 aromatic carbocycles. The van der Waals surface area contributed by atoms with Gasteiger partial charge < -0.3 is 14.6 Å². The number of aliphatic hydroxyl groups is 1. The van der Waals surface area contributed by atoms with Gasteiger partial charge in [0.25, 0.3) is 0 Å². The topological polar surface area (TPSA) is 72.8 Å². The van der Waals surface area contributed by atoms with E-state index in [0.717, 1.165) is 25.7 Å². The minimum atomic E-state index is -0.597. The fraction of sp³-hybridized carbons (Fsp3) is 0.750. The van der Waals surface area contributed by atoms with Crippen LogP contribution in [0.4, 0.5) is 0 Å². The summed E-state index contributed by atoms with van der Waals surface area (Å²) in [5.41, 5.74) is 1.27. The van der Waals surface area contributed by atoms with E-state index in [2.05, 4.69) is 32.1 Å². The molecule has 1 aliphatic heterocycles. The molecule has 0 radical (unpaired) electrons. The molecule has 1 saturated heterocycles. The highest BCUT2D eigenvalue weighted by atomic mass is 16.5. The molecule has 0 aromatic heterocycles. The Balaban J connectivity index is 1.74. The van der Waals surface area contributed by atoms with Gasteiger partial charge in [-0.25, -0.2) is 0 Å². The number of rotatable bonds is 6. The Kier molecular flexibility index (Phi) is 7.20. The summed E-state index contributed by atoms with van der Waals surface area (Å²) in [7, 11) is 0. The predicted octanol–water partition coefficient (Wildman–Crippen LogP) is 4.20. The zero-order valence-corrected chi connectivity index (χ0v) is 18.2. The minimum absolute atomic E-state index is 0.0854. The van der Waals surface area contributed by atoms with Crippen LogP contribution in [0.1, 0.15) is 66.2 Å². The molecule has 5 nitrogen and oxygen atoms in total. The maximum atomic E-state index is 12.5. The summed E-state index contributed by atoms with van der Waals surface area (Å²) in [6.07, 6.45) is 9.70. The average molecular weight is 405 g/mol. The summed E-state index contributed by atoms with van der Waals surface area (Å²) < 4.78 is 11.5. The molecule has 0 aromatic rings. The van der Waals surface area contributed by atoms with Crippen molar-refractivity contribution in [2.75, 3.05) is 0 Å². The quantitative estimate of drug-likeness (QED) is 0.672. The van der Waals surface area contributed by atoms with Crippen LogP contribution >= 0.6 is 0 Å². The molecule has 0 amide bonds. The van der Waals surface area contributed by atoms with E-state index < -0.39 is 6.10 Å². The number of esters is 2. The van der Waals surface area contributed by atoms with Crippen molar-refractivity contribution in [3.8, 4) is 0 Å². The van der Waals surface area contributed by atoms with Gasteiger partial charge in [-0.05, 0) is 49.0 Å². The van der Waals surface area contributed by atoms with E-state index in [-0.39, 0.29) is 42.4 Å². The van der Waals surface area contributed by atoms with Crippen LogP contribution in [-0.4, -0.2) is 35.4 Å². The Morgan fingerprint density at radius 1 is 1.31 bits per heavy atom. The minimum Gasteiger partial charge on any atom is -0.462 e. The van der Waals surface area contributed by atoms with Crippen molar-refractivity contribution in [1.29, 1.82) is 0 Å². The second-order valence-electron chi connectivity index (χ2n) is 9.36. The summed E-state index contributed by atoms with van der Waals surface area (Å²) in [5.74, 6) is 0.755. The van der Waals surface area contributed by atoms with Gasteiger partial charge in [0.1, 0.15) is 12.2 Å². The number of allylic oxidation sites excluding steroid dienone is 3. The van der Waals surface area contributed by atoms with Crippen molar-refractivity contribution < 1.29 is 24.2 Å². The molecule has 1 fully saturated rings. The Hall–Kier alpha value is -1.62. The largest absolute Gasteiger partial charge is 0.462 e. The van der Waals surface area contributed by atoms with Crippen molar-refractivity contribution in [1.82, 2.24) is 0 Å². The zero-order chi connectivity index (χ0) is 21.1. The molecule has 1 heterocycles. The number of hydrogen-bond donors (Lipinski definition) is 1. The van der Waals surface area contributed by atoms with Crippen LogP contribution in [0.25, 0.3) is 0 Å². The monoisotopic (exact) mass is 404 g/mol. The van der Waals surface area contributed by atoms with E-state index in [1.807, 2.05) is 13.8 Å². The highest BCUT2D eigenvalue weighted by molar-refractivity contribution is 5.72. The van der Waals surface area contributed by atoms with Crippen molar-refractivity contribution in [2.45, 2.75) is 84.5 Å². The number of ether oxygens (including phenoxy) is 2. The molecule has 3 rings (SSSR count). The highest BCUT2D eigenvalue weighted by Crippen LogP contribution is 2.45. The van der Waals surface area contributed by atoms with Gasteiger partial charge >= 0.3 is 11.9 Å². The predicted molar refractivity (Wildman–Crippen MR) is 111 cm³/mol. The van der Waals surface area contributed by atoms with Crippen molar-refractivity contribution in [2.24, 2.45) is 29.6 Å². The molecule has 3 aliphatic rings. The van der Waals surface area contributed by atoms with E-state index in [0.29, 0.717) is 24.2 Å². The normalized spacial score (nSPS) is 37.9. The lowest BCUT2D eigenvalue weighted by molar-refractivity contribution is -0.162. The number of carbonyl (C=O) groups excluding carboxylic acids is 2. The number of cyclic esters (lactones) is 1. The number of aliphatic hydroxyl groups excluding tert-OH is 1. The molecule has 0 saturated carbocycles. The third-order valence-electron chi connectivity index (χ3n) is 6.93. The second kappa shape index (κ2) is 9.46. The van der Waals surface area contributed by atoms with Gasteiger partial charge in [0.2, 0.25) is 0 Å².